The van der Waals surface area contributed by atoms with Crippen molar-refractivity contribution in [2.45, 2.75) is 13.0 Å². The number of rotatable bonds is 3. The minimum atomic E-state index is -0.176. The summed E-state index contributed by atoms with van der Waals surface area (Å²) in [5.41, 5.74) is 6.44. The van der Waals surface area contributed by atoms with E-state index in [1.165, 1.54) is 0 Å². The molecule has 2 rings (SSSR count). The van der Waals surface area contributed by atoms with Gasteiger partial charge in [-0.3, -0.25) is 9.69 Å². The van der Waals surface area contributed by atoms with Crippen molar-refractivity contribution in [1.29, 1.82) is 0 Å². The lowest BCUT2D eigenvalue weighted by molar-refractivity contribution is -0.121. The standard InChI is InChI=1S/C10H14BrN3O/c11-8-3-9(13-4-8)6-14-2-1-7(5-14)10(12)15/h3-4,7,13H,1-2,5-6H2,(H2,12,15). The van der Waals surface area contributed by atoms with Crippen LogP contribution in [0.15, 0.2) is 16.7 Å². The SMILES string of the molecule is NC(=O)C1CCN(Cc2cc(Br)c[nH]2)C1. The van der Waals surface area contributed by atoms with Crippen LogP contribution in [0.1, 0.15) is 12.1 Å². The van der Waals surface area contributed by atoms with E-state index in [9.17, 15) is 4.79 Å². The van der Waals surface area contributed by atoms with Crippen LogP contribution in [0.5, 0.6) is 0 Å². The van der Waals surface area contributed by atoms with Crippen LogP contribution in [-0.2, 0) is 11.3 Å². The number of aromatic amines is 1. The molecule has 0 aromatic carbocycles. The average molecular weight is 272 g/mol. The van der Waals surface area contributed by atoms with Gasteiger partial charge in [0.15, 0.2) is 0 Å². The normalized spacial score (nSPS) is 22.1. The Morgan fingerprint density at radius 3 is 3.07 bits per heavy atom. The van der Waals surface area contributed by atoms with Crippen LogP contribution in [0.4, 0.5) is 0 Å². The van der Waals surface area contributed by atoms with Gasteiger partial charge in [-0.25, -0.2) is 0 Å². The van der Waals surface area contributed by atoms with Crippen molar-refractivity contribution in [2.24, 2.45) is 11.7 Å². The summed E-state index contributed by atoms with van der Waals surface area (Å²) in [6.07, 6.45) is 2.80. The van der Waals surface area contributed by atoms with Crippen LogP contribution in [0.25, 0.3) is 0 Å². The van der Waals surface area contributed by atoms with Crippen LogP contribution >= 0.6 is 15.9 Å². The van der Waals surface area contributed by atoms with Crippen molar-refractivity contribution in [3.63, 3.8) is 0 Å². The number of nitrogens with one attached hydrogen (secondary N) is 1. The second-order valence-corrected chi connectivity index (χ2v) is 4.88. The molecule has 0 spiro atoms. The molecule has 1 saturated heterocycles. The Morgan fingerprint density at radius 1 is 1.73 bits per heavy atom. The first-order valence-electron chi connectivity index (χ1n) is 4.99. The summed E-state index contributed by atoms with van der Waals surface area (Å²) in [6, 6.07) is 2.05. The van der Waals surface area contributed by atoms with Gasteiger partial charge < -0.3 is 10.7 Å². The fraction of sp³-hybridized carbons (Fsp3) is 0.500. The van der Waals surface area contributed by atoms with Gasteiger partial charge in [-0.2, -0.15) is 0 Å². The molecule has 2 heterocycles. The van der Waals surface area contributed by atoms with Crippen molar-refractivity contribution in [3.8, 4) is 0 Å². The fourth-order valence-corrected chi connectivity index (χ4v) is 2.34. The molecule has 0 saturated carbocycles. The molecule has 1 amide bonds. The molecule has 1 aliphatic heterocycles. The van der Waals surface area contributed by atoms with Gasteiger partial charge in [0, 0.05) is 29.5 Å². The Morgan fingerprint density at radius 2 is 2.53 bits per heavy atom. The Labute approximate surface area is 97.0 Å². The van der Waals surface area contributed by atoms with E-state index in [1.807, 2.05) is 6.20 Å². The molecule has 1 aromatic heterocycles. The maximum absolute atomic E-state index is 11.0. The van der Waals surface area contributed by atoms with E-state index < -0.39 is 0 Å². The molecule has 1 aromatic rings. The van der Waals surface area contributed by atoms with E-state index in [1.54, 1.807) is 0 Å². The third-order valence-corrected chi connectivity index (χ3v) is 3.23. The van der Waals surface area contributed by atoms with Gasteiger partial charge in [0.1, 0.15) is 0 Å². The quantitative estimate of drug-likeness (QED) is 0.865. The van der Waals surface area contributed by atoms with Crippen LogP contribution in [0.2, 0.25) is 0 Å². The first kappa shape index (κ1) is 10.7. The number of primary amides is 1. The second kappa shape index (κ2) is 4.37. The van der Waals surface area contributed by atoms with E-state index >= 15 is 0 Å². The maximum atomic E-state index is 11.0. The van der Waals surface area contributed by atoms with Crippen molar-refractivity contribution in [2.75, 3.05) is 13.1 Å². The fourth-order valence-electron chi connectivity index (χ4n) is 1.95. The number of nitrogens with two attached hydrogens (primary N) is 1. The molecular weight excluding hydrogens is 258 g/mol. The van der Waals surface area contributed by atoms with Crippen molar-refractivity contribution >= 4 is 21.8 Å². The lowest BCUT2D eigenvalue weighted by Gasteiger charge is -2.13. The lowest BCUT2D eigenvalue weighted by Crippen LogP contribution is -2.27. The molecule has 1 atom stereocenters. The summed E-state index contributed by atoms with van der Waals surface area (Å²) >= 11 is 3.39. The predicted molar refractivity (Wildman–Crippen MR) is 61.1 cm³/mol. The maximum Gasteiger partial charge on any atom is 0.221 e. The highest BCUT2D eigenvalue weighted by Gasteiger charge is 2.26. The van der Waals surface area contributed by atoms with E-state index in [0.29, 0.717) is 0 Å². The van der Waals surface area contributed by atoms with Crippen LogP contribution < -0.4 is 5.73 Å². The zero-order valence-corrected chi connectivity index (χ0v) is 9.96. The van der Waals surface area contributed by atoms with Crippen LogP contribution in [0.3, 0.4) is 0 Å². The molecular formula is C10H14BrN3O. The van der Waals surface area contributed by atoms with Gasteiger partial charge in [-0.1, -0.05) is 0 Å². The number of hydrogen-bond donors (Lipinski definition) is 2. The predicted octanol–water partition coefficient (Wildman–Crippen LogP) is 1.08. The van der Waals surface area contributed by atoms with E-state index in [0.717, 1.165) is 36.2 Å². The summed E-state index contributed by atoms with van der Waals surface area (Å²) in [5.74, 6) is -0.145. The molecule has 4 nitrogen and oxygen atoms in total. The van der Waals surface area contributed by atoms with Crippen molar-refractivity contribution in [3.05, 3.63) is 22.4 Å². The summed E-state index contributed by atoms with van der Waals surface area (Å²) in [5, 5.41) is 0. The molecule has 3 N–H and O–H groups in total. The summed E-state index contributed by atoms with van der Waals surface area (Å²) in [6.45, 7) is 2.59. The summed E-state index contributed by atoms with van der Waals surface area (Å²) in [7, 11) is 0. The first-order valence-corrected chi connectivity index (χ1v) is 5.79. The van der Waals surface area contributed by atoms with E-state index in [4.69, 9.17) is 5.73 Å². The third-order valence-electron chi connectivity index (χ3n) is 2.78. The Bertz CT molecular complexity index is 363. The van der Waals surface area contributed by atoms with Crippen molar-refractivity contribution in [1.82, 2.24) is 9.88 Å². The zero-order chi connectivity index (χ0) is 10.8. The average Bonchev–Trinajstić information content (AvgIpc) is 2.76. The highest BCUT2D eigenvalue weighted by molar-refractivity contribution is 9.10. The topological polar surface area (TPSA) is 62.1 Å². The van der Waals surface area contributed by atoms with Gasteiger partial charge in [0.25, 0.3) is 0 Å². The number of aromatic nitrogens is 1. The molecule has 5 heteroatoms. The number of carbonyl (C=O) groups is 1. The molecule has 1 unspecified atom stereocenters. The van der Waals surface area contributed by atoms with Gasteiger partial charge in [-0.05, 0) is 35.0 Å². The number of hydrogen-bond acceptors (Lipinski definition) is 2. The number of carbonyl (C=O) groups excluding carboxylic acids is 1. The summed E-state index contributed by atoms with van der Waals surface area (Å²) in [4.78, 5) is 16.4. The number of likely N-dealkylation sites (tertiary alicyclic amines) is 1. The Kier molecular flexibility index (Phi) is 3.11. The van der Waals surface area contributed by atoms with Crippen LogP contribution in [-0.4, -0.2) is 28.9 Å². The summed E-state index contributed by atoms with van der Waals surface area (Å²) < 4.78 is 1.06. The molecule has 82 valence electrons. The highest BCUT2D eigenvalue weighted by Crippen LogP contribution is 2.19. The minimum absolute atomic E-state index is 0.0309. The molecule has 15 heavy (non-hydrogen) atoms. The number of H-pyrrole nitrogens is 1. The van der Waals surface area contributed by atoms with E-state index in [-0.39, 0.29) is 11.8 Å². The molecule has 0 aliphatic carbocycles. The third kappa shape index (κ3) is 2.60. The number of nitrogens with zero attached hydrogens (tertiary/aromatic N) is 1. The monoisotopic (exact) mass is 271 g/mol. The first-order chi connectivity index (χ1) is 7.15. The van der Waals surface area contributed by atoms with Gasteiger partial charge in [-0.15, -0.1) is 0 Å². The Balaban J connectivity index is 1.90. The van der Waals surface area contributed by atoms with E-state index in [2.05, 4.69) is 31.9 Å². The zero-order valence-electron chi connectivity index (χ0n) is 8.37. The van der Waals surface area contributed by atoms with Crippen molar-refractivity contribution < 1.29 is 4.79 Å². The largest absolute Gasteiger partial charge is 0.369 e. The smallest absolute Gasteiger partial charge is 0.221 e. The second-order valence-electron chi connectivity index (χ2n) is 3.97. The Hall–Kier alpha value is -0.810. The minimum Gasteiger partial charge on any atom is -0.369 e. The van der Waals surface area contributed by atoms with Crippen LogP contribution in [0, 0.1) is 5.92 Å². The molecule has 1 aliphatic rings. The molecule has 0 radical (unpaired) electrons. The molecule has 0 bridgehead atoms. The van der Waals surface area contributed by atoms with Gasteiger partial charge >= 0.3 is 0 Å². The lowest BCUT2D eigenvalue weighted by atomic mass is 10.1. The van der Waals surface area contributed by atoms with Gasteiger partial charge in [0.05, 0.1) is 5.92 Å². The number of amides is 1. The van der Waals surface area contributed by atoms with Gasteiger partial charge in [0.2, 0.25) is 5.91 Å². The number of halogens is 1. The molecule has 1 fully saturated rings. The highest BCUT2D eigenvalue weighted by atomic mass is 79.9.